The highest BCUT2D eigenvalue weighted by Crippen LogP contribution is 2.36. The van der Waals surface area contributed by atoms with Crippen molar-refractivity contribution in [1.29, 1.82) is 0 Å². The lowest BCUT2D eigenvalue weighted by atomic mass is 9.80. The van der Waals surface area contributed by atoms with Gasteiger partial charge in [0, 0.05) is 5.92 Å². The van der Waals surface area contributed by atoms with Gasteiger partial charge < -0.3 is 10.3 Å². The Morgan fingerprint density at radius 2 is 2.31 bits per heavy atom. The van der Waals surface area contributed by atoms with E-state index in [1.807, 2.05) is 6.92 Å². The van der Waals surface area contributed by atoms with E-state index in [9.17, 15) is 0 Å². The summed E-state index contributed by atoms with van der Waals surface area (Å²) >= 11 is 0. The van der Waals surface area contributed by atoms with Gasteiger partial charge in [-0.2, -0.15) is 4.98 Å². The Bertz CT molecular complexity index is 335. The van der Waals surface area contributed by atoms with E-state index in [4.69, 9.17) is 10.3 Å². The molecule has 1 aromatic rings. The molecule has 0 radical (unpaired) electrons. The van der Waals surface area contributed by atoms with E-state index in [2.05, 4.69) is 17.1 Å². The van der Waals surface area contributed by atoms with Crippen molar-refractivity contribution < 1.29 is 4.52 Å². The zero-order valence-electron chi connectivity index (χ0n) is 10.1. The Morgan fingerprint density at radius 1 is 1.50 bits per heavy atom. The van der Waals surface area contributed by atoms with Gasteiger partial charge in [-0.3, -0.25) is 0 Å². The third kappa shape index (κ3) is 2.43. The number of nitrogens with zero attached hydrogens (tertiary/aromatic N) is 2. The summed E-state index contributed by atoms with van der Waals surface area (Å²) in [5.41, 5.74) is 5.71. The molecular weight excluding hydrogens is 202 g/mol. The number of hydrogen-bond acceptors (Lipinski definition) is 4. The normalized spacial score (nSPS) is 27.9. The molecule has 0 saturated heterocycles. The van der Waals surface area contributed by atoms with Crippen LogP contribution in [0.3, 0.4) is 0 Å². The maximum Gasteiger partial charge on any atom is 0.243 e. The molecule has 1 heterocycles. The minimum absolute atomic E-state index is 0.160. The molecule has 4 heteroatoms. The number of rotatable bonds is 3. The Morgan fingerprint density at radius 3 is 2.94 bits per heavy atom. The summed E-state index contributed by atoms with van der Waals surface area (Å²) in [4.78, 5) is 4.40. The van der Waals surface area contributed by atoms with E-state index in [1.54, 1.807) is 0 Å². The highest BCUT2D eigenvalue weighted by molar-refractivity contribution is 4.99. The topological polar surface area (TPSA) is 64.9 Å². The van der Waals surface area contributed by atoms with Crippen LogP contribution in [0.5, 0.6) is 0 Å². The maximum absolute atomic E-state index is 5.71. The molecule has 1 aromatic heterocycles. The van der Waals surface area contributed by atoms with Crippen LogP contribution in [0, 0.1) is 5.92 Å². The van der Waals surface area contributed by atoms with Crippen molar-refractivity contribution in [3.8, 4) is 0 Å². The summed E-state index contributed by atoms with van der Waals surface area (Å²) in [6.07, 6.45) is 6.29. The molecule has 2 rings (SSSR count). The molecule has 1 aliphatic carbocycles. The van der Waals surface area contributed by atoms with Crippen LogP contribution in [0.25, 0.3) is 0 Å². The van der Waals surface area contributed by atoms with Crippen LogP contribution >= 0.6 is 0 Å². The van der Waals surface area contributed by atoms with E-state index in [0.29, 0.717) is 11.8 Å². The zero-order chi connectivity index (χ0) is 11.5. The van der Waals surface area contributed by atoms with E-state index in [-0.39, 0.29) is 6.04 Å². The SMILES string of the molecule is CCC1CCCC(c2noc([C@H](C)N)n2)C1. The molecule has 0 aromatic carbocycles. The van der Waals surface area contributed by atoms with Gasteiger partial charge in [0.15, 0.2) is 5.82 Å². The first-order valence-corrected chi connectivity index (χ1v) is 6.29. The summed E-state index contributed by atoms with van der Waals surface area (Å²) in [5, 5.41) is 4.06. The van der Waals surface area contributed by atoms with Gasteiger partial charge in [-0.05, 0) is 25.7 Å². The standard InChI is InChI=1S/C12H21N3O/c1-3-9-5-4-6-10(7-9)11-14-12(8(2)13)16-15-11/h8-10H,3-7,13H2,1-2H3/t8-,9?,10?/m0/s1. The number of hydrogen-bond donors (Lipinski definition) is 1. The molecule has 90 valence electrons. The van der Waals surface area contributed by atoms with Gasteiger partial charge in [-0.1, -0.05) is 31.3 Å². The largest absolute Gasteiger partial charge is 0.338 e. The molecule has 3 atom stereocenters. The molecule has 1 saturated carbocycles. The Hall–Kier alpha value is -0.900. The highest BCUT2D eigenvalue weighted by atomic mass is 16.5. The third-order valence-electron chi connectivity index (χ3n) is 3.57. The Balaban J connectivity index is 2.05. The monoisotopic (exact) mass is 223 g/mol. The van der Waals surface area contributed by atoms with Gasteiger partial charge in [0.05, 0.1) is 6.04 Å². The van der Waals surface area contributed by atoms with Crippen molar-refractivity contribution in [1.82, 2.24) is 10.1 Å². The Kier molecular flexibility index (Phi) is 3.59. The molecule has 2 unspecified atom stereocenters. The fourth-order valence-corrected chi connectivity index (χ4v) is 2.49. The van der Waals surface area contributed by atoms with Gasteiger partial charge in [-0.25, -0.2) is 0 Å². The number of aromatic nitrogens is 2. The van der Waals surface area contributed by atoms with Crippen molar-refractivity contribution in [2.24, 2.45) is 11.7 Å². The first-order valence-electron chi connectivity index (χ1n) is 6.29. The summed E-state index contributed by atoms with van der Waals surface area (Å²) in [5.74, 6) is 2.74. The molecule has 0 spiro atoms. The summed E-state index contributed by atoms with van der Waals surface area (Å²) in [6.45, 7) is 4.13. The van der Waals surface area contributed by atoms with Crippen LogP contribution in [0.15, 0.2) is 4.52 Å². The zero-order valence-corrected chi connectivity index (χ0v) is 10.1. The van der Waals surface area contributed by atoms with E-state index >= 15 is 0 Å². The summed E-state index contributed by atoms with van der Waals surface area (Å²) in [7, 11) is 0. The Labute approximate surface area is 96.6 Å². The molecule has 0 amide bonds. The predicted molar refractivity (Wildman–Crippen MR) is 61.9 cm³/mol. The highest BCUT2D eigenvalue weighted by Gasteiger charge is 2.26. The van der Waals surface area contributed by atoms with Crippen molar-refractivity contribution in [2.75, 3.05) is 0 Å². The maximum atomic E-state index is 5.71. The lowest BCUT2D eigenvalue weighted by Gasteiger charge is -2.26. The van der Waals surface area contributed by atoms with Gasteiger partial charge in [0.2, 0.25) is 5.89 Å². The van der Waals surface area contributed by atoms with Crippen LogP contribution in [-0.2, 0) is 0 Å². The van der Waals surface area contributed by atoms with Gasteiger partial charge in [-0.15, -0.1) is 0 Å². The molecule has 2 N–H and O–H groups in total. The lowest BCUT2D eigenvalue weighted by molar-refractivity contribution is 0.297. The molecule has 0 aliphatic heterocycles. The van der Waals surface area contributed by atoms with E-state index in [0.717, 1.165) is 11.7 Å². The molecule has 1 aliphatic rings. The fraction of sp³-hybridized carbons (Fsp3) is 0.833. The first kappa shape index (κ1) is 11.6. The van der Waals surface area contributed by atoms with E-state index < -0.39 is 0 Å². The smallest absolute Gasteiger partial charge is 0.243 e. The van der Waals surface area contributed by atoms with Crippen molar-refractivity contribution in [3.63, 3.8) is 0 Å². The minimum Gasteiger partial charge on any atom is -0.338 e. The molecule has 16 heavy (non-hydrogen) atoms. The van der Waals surface area contributed by atoms with Crippen LogP contribution in [-0.4, -0.2) is 10.1 Å². The van der Waals surface area contributed by atoms with Crippen LogP contribution < -0.4 is 5.73 Å². The quantitative estimate of drug-likeness (QED) is 0.855. The second kappa shape index (κ2) is 4.95. The van der Waals surface area contributed by atoms with Crippen LogP contribution in [0.2, 0.25) is 0 Å². The molecule has 1 fully saturated rings. The van der Waals surface area contributed by atoms with Crippen molar-refractivity contribution in [3.05, 3.63) is 11.7 Å². The van der Waals surface area contributed by atoms with Crippen LogP contribution in [0.4, 0.5) is 0 Å². The number of nitrogens with two attached hydrogens (primary N) is 1. The molecular formula is C12H21N3O. The summed E-state index contributed by atoms with van der Waals surface area (Å²) in [6, 6.07) is -0.160. The van der Waals surface area contributed by atoms with Crippen molar-refractivity contribution >= 4 is 0 Å². The van der Waals surface area contributed by atoms with Gasteiger partial charge >= 0.3 is 0 Å². The van der Waals surface area contributed by atoms with Crippen molar-refractivity contribution in [2.45, 2.75) is 57.9 Å². The molecule has 4 nitrogen and oxygen atoms in total. The van der Waals surface area contributed by atoms with E-state index in [1.165, 1.54) is 32.1 Å². The van der Waals surface area contributed by atoms with Crippen LogP contribution in [0.1, 0.15) is 69.6 Å². The molecule has 0 bridgehead atoms. The summed E-state index contributed by atoms with van der Waals surface area (Å²) < 4.78 is 5.16. The average molecular weight is 223 g/mol. The second-order valence-electron chi connectivity index (χ2n) is 4.92. The third-order valence-corrected chi connectivity index (χ3v) is 3.57. The van der Waals surface area contributed by atoms with Gasteiger partial charge in [0.1, 0.15) is 0 Å². The second-order valence-corrected chi connectivity index (χ2v) is 4.92. The lowest BCUT2D eigenvalue weighted by Crippen LogP contribution is -2.15. The first-order chi connectivity index (χ1) is 7.70. The average Bonchev–Trinajstić information content (AvgIpc) is 2.78. The van der Waals surface area contributed by atoms with Gasteiger partial charge in [0.25, 0.3) is 0 Å². The predicted octanol–water partition coefficient (Wildman–Crippen LogP) is 2.77. The minimum atomic E-state index is -0.160. The fourth-order valence-electron chi connectivity index (χ4n) is 2.49.